The third-order valence-electron chi connectivity index (χ3n) is 3.41. The Balaban J connectivity index is 1.71. The fourth-order valence-corrected chi connectivity index (χ4v) is 2.91. The third-order valence-corrected chi connectivity index (χ3v) is 4.56. The lowest BCUT2D eigenvalue weighted by Crippen LogP contribution is -2.16. The van der Waals surface area contributed by atoms with Crippen LogP contribution < -0.4 is 10.1 Å². The van der Waals surface area contributed by atoms with Gasteiger partial charge in [0.25, 0.3) is 0 Å². The molecule has 0 saturated heterocycles. The van der Waals surface area contributed by atoms with Crippen molar-refractivity contribution in [2.45, 2.75) is 13.5 Å². The van der Waals surface area contributed by atoms with Crippen molar-refractivity contribution >= 4 is 40.9 Å². The van der Waals surface area contributed by atoms with Gasteiger partial charge in [0.2, 0.25) is 5.91 Å². The van der Waals surface area contributed by atoms with Gasteiger partial charge < -0.3 is 14.8 Å². The van der Waals surface area contributed by atoms with Gasteiger partial charge in [-0.25, -0.2) is 0 Å². The van der Waals surface area contributed by atoms with E-state index in [1.165, 1.54) is 11.8 Å². The van der Waals surface area contributed by atoms with E-state index in [1.807, 2.05) is 25.1 Å². The highest BCUT2D eigenvalue weighted by Gasteiger charge is 2.10. The third kappa shape index (κ3) is 6.61. The number of rotatable bonds is 8. The predicted molar refractivity (Wildman–Crippen MR) is 105 cm³/mol. The van der Waals surface area contributed by atoms with Gasteiger partial charge in [0.15, 0.2) is 0 Å². The smallest absolute Gasteiger partial charge is 0.316 e. The topological polar surface area (TPSA) is 64.6 Å². The summed E-state index contributed by atoms with van der Waals surface area (Å²) in [6, 6.07) is 12.5. The summed E-state index contributed by atoms with van der Waals surface area (Å²) in [6.45, 7) is 2.10. The van der Waals surface area contributed by atoms with Crippen LogP contribution in [0.1, 0.15) is 11.1 Å². The SMILES string of the molecule is COc1ccc(C)cc1COC(=O)CSCC(=O)Nc1ccc(Cl)cc1. The number of hydrogen-bond donors (Lipinski definition) is 1. The number of nitrogens with one attached hydrogen (secondary N) is 1. The first-order valence-corrected chi connectivity index (χ1v) is 9.43. The van der Waals surface area contributed by atoms with Crippen LogP contribution in [0.5, 0.6) is 5.75 Å². The zero-order valence-corrected chi connectivity index (χ0v) is 16.2. The first-order valence-electron chi connectivity index (χ1n) is 7.90. The number of halogens is 1. The number of aryl methyl sites for hydroxylation is 1. The van der Waals surface area contributed by atoms with Crippen molar-refractivity contribution in [3.63, 3.8) is 0 Å². The Morgan fingerprint density at radius 2 is 1.85 bits per heavy atom. The Bertz CT molecular complexity index is 765. The van der Waals surface area contributed by atoms with E-state index in [-0.39, 0.29) is 30.0 Å². The van der Waals surface area contributed by atoms with Crippen molar-refractivity contribution in [2.24, 2.45) is 0 Å². The second-order valence-electron chi connectivity index (χ2n) is 5.52. The van der Waals surface area contributed by atoms with Crippen LogP contribution in [-0.4, -0.2) is 30.5 Å². The largest absolute Gasteiger partial charge is 0.496 e. The molecule has 138 valence electrons. The van der Waals surface area contributed by atoms with Gasteiger partial charge in [-0.2, -0.15) is 0 Å². The van der Waals surface area contributed by atoms with E-state index in [9.17, 15) is 9.59 Å². The number of carbonyl (C=O) groups excluding carboxylic acids is 2. The second kappa shape index (κ2) is 10.1. The highest BCUT2D eigenvalue weighted by atomic mass is 35.5. The molecule has 0 heterocycles. The van der Waals surface area contributed by atoms with Crippen LogP contribution >= 0.6 is 23.4 Å². The first-order chi connectivity index (χ1) is 12.5. The lowest BCUT2D eigenvalue weighted by molar-refractivity contribution is -0.141. The lowest BCUT2D eigenvalue weighted by Gasteiger charge is -2.10. The van der Waals surface area contributed by atoms with E-state index < -0.39 is 0 Å². The zero-order valence-electron chi connectivity index (χ0n) is 14.6. The van der Waals surface area contributed by atoms with Gasteiger partial charge in [-0.3, -0.25) is 9.59 Å². The summed E-state index contributed by atoms with van der Waals surface area (Å²) in [5.41, 5.74) is 2.53. The highest BCUT2D eigenvalue weighted by molar-refractivity contribution is 8.00. The summed E-state index contributed by atoms with van der Waals surface area (Å²) < 4.78 is 10.5. The van der Waals surface area contributed by atoms with Gasteiger partial charge in [-0.05, 0) is 43.3 Å². The van der Waals surface area contributed by atoms with Gasteiger partial charge in [0.1, 0.15) is 12.4 Å². The number of hydrogen-bond acceptors (Lipinski definition) is 5. The molecule has 2 aromatic rings. The first kappa shape index (κ1) is 20.1. The van der Waals surface area contributed by atoms with Crippen LogP contribution in [0.2, 0.25) is 5.02 Å². The molecular weight excluding hydrogens is 374 g/mol. The Morgan fingerprint density at radius 3 is 2.54 bits per heavy atom. The molecule has 2 aromatic carbocycles. The molecule has 0 saturated carbocycles. The van der Waals surface area contributed by atoms with Gasteiger partial charge in [0, 0.05) is 16.3 Å². The molecule has 0 aliphatic heterocycles. The molecule has 7 heteroatoms. The van der Waals surface area contributed by atoms with Gasteiger partial charge in [-0.1, -0.05) is 23.2 Å². The fraction of sp³-hybridized carbons (Fsp3) is 0.263. The van der Waals surface area contributed by atoms with Crippen molar-refractivity contribution in [1.29, 1.82) is 0 Å². The second-order valence-corrected chi connectivity index (χ2v) is 6.95. The standard InChI is InChI=1S/C19H20ClNO4S/c1-13-3-8-17(24-2)14(9-13)10-25-19(23)12-26-11-18(22)21-16-6-4-15(20)5-7-16/h3-9H,10-12H2,1-2H3,(H,21,22). The number of ether oxygens (including phenoxy) is 2. The maximum Gasteiger partial charge on any atom is 0.316 e. The maximum atomic E-state index is 11.8. The molecule has 1 amide bonds. The molecule has 0 unspecified atom stereocenters. The van der Waals surface area contributed by atoms with E-state index >= 15 is 0 Å². The molecule has 26 heavy (non-hydrogen) atoms. The fourth-order valence-electron chi connectivity index (χ4n) is 2.18. The zero-order chi connectivity index (χ0) is 18.9. The van der Waals surface area contributed by atoms with Gasteiger partial charge in [-0.15, -0.1) is 11.8 Å². The van der Waals surface area contributed by atoms with Crippen molar-refractivity contribution in [2.75, 3.05) is 23.9 Å². The molecule has 0 aromatic heterocycles. The summed E-state index contributed by atoms with van der Waals surface area (Å²) in [5, 5.41) is 3.34. The van der Waals surface area contributed by atoms with Crippen LogP contribution in [0.15, 0.2) is 42.5 Å². The molecule has 0 fully saturated rings. The van der Waals surface area contributed by atoms with E-state index in [4.69, 9.17) is 21.1 Å². The number of amides is 1. The van der Waals surface area contributed by atoms with Crippen molar-refractivity contribution in [3.8, 4) is 5.75 Å². The summed E-state index contributed by atoms with van der Waals surface area (Å²) in [5.74, 6) is 0.370. The minimum atomic E-state index is -0.377. The minimum Gasteiger partial charge on any atom is -0.496 e. The number of benzene rings is 2. The van der Waals surface area contributed by atoms with Crippen LogP contribution in [-0.2, 0) is 20.9 Å². The Morgan fingerprint density at radius 1 is 1.12 bits per heavy atom. The lowest BCUT2D eigenvalue weighted by atomic mass is 10.1. The number of anilines is 1. The number of thioether (sulfide) groups is 1. The summed E-state index contributed by atoms with van der Waals surface area (Å²) in [6.07, 6.45) is 0. The van der Waals surface area contributed by atoms with E-state index in [0.717, 1.165) is 11.1 Å². The number of carbonyl (C=O) groups is 2. The molecule has 0 spiro atoms. The molecule has 0 atom stereocenters. The van der Waals surface area contributed by atoms with Gasteiger partial charge in [0.05, 0.1) is 18.6 Å². The van der Waals surface area contributed by atoms with Crippen molar-refractivity contribution in [3.05, 3.63) is 58.6 Å². The highest BCUT2D eigenvalue weighted by Crippen LogP contribution is 2.20. The minimum absolute atomic E-state index is 0.0994. The van der Waals surface area contributed by atoms with Gasteiger partial charge >= 0.3 is 5.97 Å². The van der Waals surface area contributed by atoms with E-state index in [0.29, 0.717) is 16.5 Å². The van der Waals surface area contributed by atoms with Crippen LogP contribution in [0.3, 0.4) is 0 Å². The van der Waals surface area contributed by atoms with E-state index in [1.54, 1.807) is 31.4 Å². The van der Waals surface area contributed by atoms with Crippen molar-refractivity contribution in [1.82, 2.24) is 0 Å². The number of esters is 1. The summed E-state index contributed by atoms with van der Waals surface area (Å²) >= 11 is 6.99. The average Bonchev–Trinajstić information content (AvgIpc) is 2.62. The molecule has 2 rings (SSSR count). The van der Waals surface area contributed by atoms with E-state index in [2.05, 4.69) is 5.32 Å². The molecule has 0 radical (unpaired) electrons. The van der Waals surface area contributed by atoms with Crippen molar-refractivity contribution < 1.29 is 19.1 Å². The van der Waals surface area contributed by atoms with Crippen LogP contribution in [0.25, 0.3) is 0 Å². The molecule has 0 aliphatic rings. The molecule has 5 nitrogen and oxygen atoms in total. The quantitative estimate of drug-likeness (QED) is 0.685. The molecule has 0 aliphatic carbocycles. The Labute approximate surface area is 162 Å². The maximum absolute atomic E-state index is 11.8. The van der Waals surface area contributed by atoms with Crippen LogP contribution in [0.4, 0.5) is 5.69 Å². The average molecular weight is 394 g/mol. The normalized spacial score (nSPS) is 10.3. The molecule has 0 bridgehead atoms. The molecule has 1 N–H and O–H groups in total. The monoisotopic (exact) mass is 393 g/mol. The Kier molecular flexibility index (Phi) is 7.81. The Hall–Kier alpha value is -2.18. The predicted octanol–water partition coefficient (Wildman–Crippen LogP) is 4.07. The summed E-state index contributed by atoms with van der Waals surface area (Å²) in [4.78, 5) is 23.7. The molecular formula is C19H20ClNO4S. The van der Waals surface area contributed by atoms with Crippen LogP contribution in [0, 0.1) is 6.92 Å². The summed E-state index contributed by atoms with van der Waals surface area (Å²) in [7, 11) is 1.57. The number of methoxy groups -OCH3 is 1.